The highest BCUT2D eigenvalue weighted by Crippen LogP contribution is 2.52. The summed E-state index contributed by atoms with van der Waals surface area (Å²) in [6, 6.07) is 8.12. The summed E-state index contributed by atoms with van der Waals surface area (Å²) in [7, 11) is 0. The van der Waals surface area contributed by atoms with Gasteiger partial charge in [-0.2, -0.15) is 0 Å². The molecule has 1 aromatic rings. The molecule has 2 fully saturated rings. The third-order valence-electron chi connectivity index (χ3n) is 7.32. The zero-order valence-electron chi connectivity index (χ0n) is 18.0. The van der Waals surface area contributed by atoms with Crippen molar-refractivity contribution in [3.63, 3.8) is 0 Å². The Labute approximate surface area is 174 Å². The second-order valence-electron chi connectivity index (χ2n) is 9.27. The van der Waals surface area contributed by atoms with Crippen LogP contribution in [0.2, 0.25) is 0 Å². The topological polar surface area (TPSA) is 49.8 Å². The van der Waals surface area contributed by atoms with Crippen LogP contribution in [0.15, 0.2) is 35.7 Å². The average Bonchev–Trinajstić information content (AvgIpc) is 3.41. The summed E-state index contributed by atoms with van der Waals surface area (Å²) >= 11 is 0. The van der Waals surface area contributed by atoms with Gasteiger partial charge in [-0.15, -0.1) is 0 Å². The minimum Gasteiger partial charge on any atom is -0.510 e. The molecule has 1 N–H and O–H groups in total. The van der Waals surface area contributed by atoms with Gasteiger partial charge in [0, 0.05) is 18.7 Å². The number of nitrogens with zero attached hydrogens (tertiary/aromatic N) is 1. The van der Waals surface area contributed by atoms with Crippen LogP contribution in [0, 0.1) is 18.8 Å². The molecule has 0 aromatic heterocycles. The monoisotopic (exact) mass is 397 g/mol. The van der Waals surface area contributed by atoms with E-state index in [4.69, 9.17) is 4.74 Å². The van der Waals surface area contributed by atoms with E-state index in [0.29, 0.717) is 30.5 Å². The summed E-state index contributed by atoms with van der Waals surface area (Å²) < 4.78 is 6.41. The van der Waals surface area contributed by atoms with Crippen molar-refractivity contribution in [3.8, 4) is 0 Å². The third kappa shape index (κ3) is 3.78. The van der Waals surface area contributed by atoms with Gasteiger partial charge in [0.2, 0.25) is 0 Å². The van der Waals surface area contributed by atoms with Crippen molar-refractivity contribution < 1.29 is 14.6 Å². The Balaban J connectivity index is 1.72. The lowest BCUT2D eigenvalue weighted by Crippen LogP contribution is -2.52. The van der Waals surface area contributed by atoms with Crippen molar-refractivity contribution in [2.45, 2.75) is 83.7 Å². The predicted molar refractivity (Wildman–Crippen MR) is 116 cm³/mol. The lowest BCUT2D eigenvalue weighted by atomic mass is 9.71. The van der Waals surface area contributed by atoms with Crippen LogP contribution in [0.5, 0.6) is 0 Å². The standard InChI is InChI=1S/C25H35NO3/c1-3-15-26(21-14-8-9-18(2)16-21)23-22(27)17-25(29-24(23)28,19-10-4-5-11-19)20-12-6-7-13-20/h8-9,14,16,19-20,27H,3-7,10-13,15,17H2,1-2H3. The number of aryl methyl sites for hydroxylation is 1. The van der Waals surface area contributed by atoms with Crippen molar-refractivity contribution in [2.75, 3.05) is 11.4 Å². The molecule has 0 unspecified atom stereocenters. The summed E-state index contributed by atoms with van der Waals surface area (Å²) in [4.78, 5) is 15.4. The van der Waals surface area contributed by atoms with Gasteiger partial charge < -0.3 is 14.7 Å². The largest absolute Gasteiger partial charge is 0.510 e. The van der Waals surface area contributed by atoms with Gasteiger partial charge >= 0.3 is 5.97 Å². The fraction of sp³-hybridized carbons (Fsp3) is 0.640. The number of benzene rings is 1. The van der Waals surface area contributed by atoms with E-state index >= 15 is 0 Å². The molecule has 2 saturated carbocycles. The highest BCUT2D eigenvalue weighted by atomic mass is 16.6. The second-order valence-corrected chi connectivity index (χ2v) is 9.27. The second kappa shape index (κ2) is 8.41. The van der Waals surface area contributed by atoms with Crippen molar-refractivity contribution in [1.29, 1.82) is 0 Å². The number of aliphatic hydroxyl groups is 1. The first-order valence-corrected chi connectivity index (χ1v) is 11.5. The smallest absolute Gasteiger partial charge is 0.359 e. The highest BCUT2D eigenvalue weighted by molar-refractivity contribution is 5.94. The normalized spacial score (nSPS) is 22.9. The Morgan fingerprint density at radius 1 is 1.10 bits per heavy atom. The summed E-state index contributed by atoms with van der Waals surface area (Å²) in [5.74, 6) is 0.672. The van der Waals surface area contributed by atoms with Gasteiger partial charge in [-0.05, 0) is 68.6 Å². The van der Waals surface area contributed by atoms with E-state index in [1.807, 2.05) is 30.0 Å². The molecule has 0 saturated heterocycles. The number of hydrogen-bond acceptors (Lipinski definition) is 4. The number of rotatable bonds is 6. The van der Waals surface area contributed by atoms with Crippen LogP contribution in [-0.4, -0.2) is 23.2 Å². The molecular weight excluding hydrogens is 362 g/mol. The first-order valence-electron chi connectivity index (χ1n) is 11.5. The van der Waals surface area contributed by atoms with E-state index in [2.05, 4.69) is 13.0 Å². The Morgan fingerprint density at radius 2 is 1.72 bits per heavy atom. The fourth-order valence-electron chi connectivity index (χ4n) is 5.99. The maximum absolute atomic E-state index is 13.4. The van der Waals surface area contributed by atoms with E-state index in [9.17, 15) is 9.90 Å². The first-order chi connectivity index (χ1) is 14.0. The highest BCUT2D eigenvalue weighted by Gasteiger charge is 2.54. The molecule has 1 aliphatic heterocycles. The Kier molecular flexibility index (Phi) is 5.89. The van der Waals surface area contributed by atoms with E-state index in [1.165, 1.54) is 25.7 Å². The molecule has 3 aliphatic rings. The van der Waals surface area contributed by atoms with Crippen molar-refractivity contribution in [3.05, 3.63) is 41.3 Å². The maximum Gasteiger partial charge on any atom is 0.359 e. The summed E-state index contributed by atoms with van der Waals surface area (Å²) in [5.41, 5.74) is 1.94. The van der Waals surface area contributed by atoms with Gasteiger partial charge in [-0.1, -0.05) is 44.7 Å². The minimum atomic E-state index is -0.498. The fourth-order valence-corrected chi connectivity index (χ4v) is 5.99. The van der Waals surface area contributed by atoms with Crippen LogP contribution in [0.25, 0.3) is 0 Å². The molecule has 4 heteroatoms. The summed E-state index contributed by atoms with van der Waals surface area (Å²) in [6.07, 6.45) is 10.7. The van der Waals surface area contributed by atoms with Crippen molar-refractivity contribution in [2.24, 2.45) is 11.8 Å². The Morgan fingerprint density at radius 3 is 2.24 bits per heavy atom. The van der Waals surface area contributed by atoms with E-state index in [-0.39, 0.29) is 11.7 Å². The molecule has 1 heterocycles. The van der Waals surface area contributed by atoms with Gasteiger partial charge in [-0.3, -0.25) is 0 Å². The molecule has 158 valence electrons. The Hall–Kier alpha value is -1.97. The zero-order chi connectivity index (χ0) is 20.4. The maximum atomic E-state index is 13.4. The number of hydrogen-bond donors (Lipinski definition) is 1. The van der Waals surface area contributed by atoms with Gasteiger partial charge in [-0.25, -0.2) is 4.79 Å². The molecule has 29 heavy (non-hydrogen) atoms. The van der Waals surface area contributed by atoms with Crippen LogP contribution in [0.4, 0.5) is 5.69 Å². The van der Waals surface area contributed by atoms with E-state index in [1.54, 1.807) is 0 Å². The molecule has 0 amide bonds. The molecule has 4 nitrogen and oxygen atoms in total. The molecule has 0 radical (unpaired) electrons. The number of ether oxygens (including phenoxy) is 1. The van der Waals surface area contributed by atoms with E-state index < -0.39 is 5.60 Å². The van der Waals surface area contributed by atoms with Gasteiger partial charge in [0.05, 0.1) is 0 Å². The van der Waals surface area contributed by atoms with Crippen molar-refractivity contribution >= 4 is 11.7 Å². The molecule has 0 bridgehead atoms. The molecular formula is C25H35NO3. The molecule has 0 spiro atoms. The molecule has 1 aromatic carbocycles. The molecule has 4 rings (SSSR count). The van der Waals surface area contributed by atoms with Crippen LogP contribution in [0.3, 0.4) is 0 Å². The molecule has 0 atom stereocenters. The number of aliphatic hydroxyl groups excluding tert-OH is 1. The van der Waals surface area contributed by atoms with Crippen molar-refractivity contribution in [1.82, 2.24) is 0 Å². The van der Waals surface area contributed by atoms with Gasteiger partial charge in [0.15, 0.2) is 5.70 Å². The number of anilines is 1. The van der Waals surface area contributed by atoms with Crippen LogP contribution >= 0.6 is 0 Å². The Bertz CT molecular complexity index is 756. The minimum absolute atomic E-state index is 0.231. The zero-order valence-corrected chi connectivity index (χ0v) is 18.0. The van der Waals surface area contributed by atoms with Crippen LogP contribution in [0.1, 0.15) is 76.7 Å². The number of esters is 1. The third-order valence-corrected chi connectivity index (χ3v) is 7.32. The molecule has 2 aliphatic carbocycles. The lowest BCUT2D eigenvalue weighted by molar-refractivity contribution is -0.176. The average molecular weight is 398 g/mol. The number of carbonyl (C=O) groups excluding carboxylic acids is 1. The lowest BCUT2D eigenvalue weighted by Gasteiger charge is -2.46. The van der Waals surface area contributed by atoms with Gasteiger partial charge in [0.1, 0.15) is 11.4 Å². The quantitative estimate of drug-likeness (QED) is 0.594. The predicted octanol–water partition coefficient (Wildman–Crippen LogP) is 6.05. The van der Waals surface area contributed by atoms with Crippen LogP contribution in [-0.2, 0) is 9.53 Å². The summed E-state index contributed by atoms with van der Waals surface area (Å²) in [5, 5.41) is 11.3. The van der Waals surface area contributed by atoms with Gasteiger partial charge in [0.25, 0.3) is 0 Å². The van der Waals surface area contributed by atoms with E-state index in [0.717, 1.165) is 43.4 Å². The SMILES string of the molecule is CCCN(C1=C(O)CC(C2CCCC2)(C2CCCC2)OC1=O)c1cccc(C)c1. The first kappa shape index (κ1) is 20.3. The van der Waals surface area contributed by atoms with Crippen LogP contribution < -0.4 is 4.90 Å². The summed E-state index contributed by atoms with van der Waals surface area (Å²) in [6.45, 7) is 4.82. The number of carbonyl (C=O) groups is 1. The number of cyclic esters (lactones) is 1.